The molecule has 0 radical (unpaired) electrons. The molecule has 1 aliphatic heterocycles. The van der Waals surface area contributed by atoms with Crippen LogP contribution < -0.4 is 22.1 Å². The Bertz CT molecular complexity index is 1910. The summed E-state index contributed by atoms with van der Waals surface area (Å²) in [5.41, 5.74) is -1.26. The van der Waals surface area contributed by atoms with Gasteiger partial charge in [-0.15, -0.1) is 0 Å². The lowest BCUT2D eigenvalue weighted by atomic mass is 10.1. The Kier molecular flexibility index (Phi) is 7.61. The Balaban J connectivity index is 1.73. The summed E-state index contributed by atoms with van der Waals surface area (Å²) in [6.07, 6.45) is 0. The summed E-state index contributed by atoms with van der Waals surface area (Å²) in [6.45, 7) is 1.84. The minimum atomic E-state index is -2.70. The molecule has 1 fully saturated rings. The van der Waals surface area contributed by atoms with E-state index in [0.717, 1.165) is 4.57 Å². The van der Waals surface area contributed by atoms with Crippen molar-refractivity contribution in [3.63, 3.8) is 0 Å². The fourth-order valence-electron chi connectivity index (χ4n) is 4.90. The lowest BCUT2D eigenvalue weighted by Gasteiger charge is -2.40. The molecule has 41 heavy (non-hydrogen) atoms. The topological polar surface area (TPSA) is 139 Å². The highest BCUT2D eigenvalue weighted by Crippen LogP contribution is 2.40. The summed E-state index contributed by atoms with van der Waals surface area (Å²) >= 11 is 1.97. The van der Waals surface area contributed by atoms with Crippen molar-refractivity contribution in [3.05, 3.63) is 94.2 Å². The van der Waals surface area contributed by atoms with Gasteiger partial charge < -0.3 is 10.2 Å². The van der Waals surface area contributed by atoms with E-state index in [-0.39, 0.29) is 69.7 Å². The second-order valence-electron chi connectivity index (χ2n) is 9.85. The quantitative estimate of drug-likeness (QED) is 0.279. The molecule has 14 heteroatoms. The zero-order valence-electron chi connectivity index (χ0n) is 22.4. The van der Waals surface area contributed by atoms with Crippen LogP contribution in [0.2, 0.25) is 0 Å². The first kappa shape index (κ1) is 29.0. The highest BCUT2D eigenvalue weighted by Gasteiger charge is 2.27. The van der Waals surface area contributed by atoms with E-state index >= 15 is 0 Å². The van der Waals surface area contributed by atoms with E-state index in [2.05, 4.69) is 5.32 Å². The Labute approximate surface area is 248 Å². The summed E-state index contributed by atoms with van der Waals surface area (Å²) in [5.74, 6) is -0.767. The first-order chi connectivity index (χ1) is 19.3. The van der Waals surface area contributed by atoms with Gasteiger partial charge >= 0.3 is 5.69 Å². The van der Waals surface area contributed by atoms with Gasteiger partial charge in [-0.1, -0.05) is 6.07 Å². The molecule has 0 saturated carbocycles. The monoisotopic (exact) mass is 695 g/mol. The van der Waals surface area contributed by atoms with E-state index in [1.54, 1.807) is 24.3 Å². The van der Waals surface area contributed by atoms with E-state index in [1.165, 1.54) is 53.3 Å². The number of fused-ring (bicyclic) bond motifs is 1. The maximum Gasteiger partial charge on any atom is 0.335 e. The number of aromatic nitrogens is 3. The van der Waals surface area contributed by atoms with Gasteiger partial charge in [-0.25, -0.2) is 9.18 Å². The molecule has 2 aromatic heterocycles. The van der Waals surface area contributed by atoms with Crippen LogP contribution in [0.5, 0.6) is 0 Å². The number of aryl methyl sites for hydroxylation is 1. The van der Waals surface area contributed by atoms with Crippen LogP contribution in [0, 0.1) is 16.3 Å². The van der Waals surface area contributed by atoms with E-state index in [1.807, 2.05) is 22.6 Å². The van der Waals surface area contributed by atoms with Crippen LogP contribution >= 0.6 is 33.2 Å². The number of pyridine rings is 1. The molecule has 5 rings (SSSR count). The fraction of sp³-hybridized carbons (Fsp3) is 0.259. The molecule has 216 valence electrons. The van der Waals surface area contributed by atoms with Crippen LogP contribution in [0.4, 0.5) is 15.9 Å². The van der Waals surface area contributed by atoms with Gasteiger partial charge in [0.1, 0.15) is 17.0 Å². The third-order valence-electron chi connectivity index (χ3n) is 7.21. The SMILES string of the molecule is Cc1c(=O)n(C)c(Nc2ccc(I)cc2F)c2c(=O)n(C)c(=O)n(-c3cccc(C(=O)N4CCS(O)(O)CC4)c3)c12. The van der Waals surface area contributed by atoms with E-state index in [9.17, 15) is 32.7 Å². The van der Waals surface area contributed by atoms with Crippen LogP contribution in [-0.2, 0) is 14.1 Å². The van der Waals surface area contributed by atoms with Crippen molar-refractivity contribution < 1.29 is 18.3 Å². The van der Waals surface area contributed by atoms with Gasteiger partial charge in [0.15, 0.2) is 0 Å². The van der Waals surface area contributed by atoms with Crippen molar-refractivity contribution in [3.8, 4) is 5.69 Å². The van der Waals surface area contributed by atoms with Crippen molar-refractivity contribution in [2.75, 3.05) is 29.9 Å². The highest BCUT2D eigenvalue weighted by atomic mass is 127. The number of rotatable bonds is 4. The van der Waals surface area contributed by atoms with Gasteiger partial charge in [0.2, 0.25) is 0 Å². The summed E-state index contributed by atoms with van der Waals surface area (Å²) in [7, 11) is 0.0526. The molecule has 2 aromatic carbocycles. The number of amides is 1. The van der Waals surface area contributed by atoms with Crippen LogP contribution in [0.1, 0.15) is 15.9 Å². The van der Waals surface area contributed by atoms with Crippen LogP contribution in [-0.4, -0.2) is 58.2 Å². The van der Waals surface area contributed by atoms with Gasteiger partial charge in [-0.2, -0.15) is 10.6 Å². The van der Waals surface area contributed by atoms with Crippen LogP contribution in [0.15, 0.2) is 56.8 Å². The zero-order valence-corrected chi connectivity index (χ0v) is 25.3. The molecule has 1 aliphatic rings. The molecular formula is C27H27FIN5O6S. The molecule has 0 aliphatic carbocycles. The third-order valence-corrected chi connectivity index (χ3v) is 9.55. The molecule has 3 heterocycles. The summed E-state index contributed by atoms with van der Waals surface area (Å²) in [5, 5.41) is 2.87. The normalized spacial score (nSPS) is 15.6. The Morgan fingerprint density at radius 3 is 2.34 bits per heavy atom. The number of carbonyl (C=O) groups is 1. The summed E-state index contributed by atoms with van der Waals surface area (Å²) in [4.78, 5) is 55.2. The first-order valence-electron chi connectivity index (χ1n) is 12.5. The Morgan fingerprint density at radius 2 is 1.68 bits per heavy atom. The molecule has 11 nitrogen and oxygen atoms in total. The molecule has 0 atom stereocenters. The summed E-state index contributed by atoms with van der Waals surface area (Å²) < 4.78 is 38.6. The number of anilines is 2. The molecule has 0 bridgehead atoms. The maximum absolute atomic E-state index is 14.8. The van der Waals surface area contributed by atoms with Crippen molar-refractivity contribution in [2.24, 2.45) is 14.1 Å². The second kappa shape index (κ2) is 10.7. The lowest BCUT2D eigenvalue weighted by molar-refractivity contribution is 0.0768. The largest absolute Gasteiger partial charge is 0.338 e. The minimum Gasteiger partial charge on any atom is -0.338 e. The third kappa shape index (κ3) is 5.20. The molecular weight excluding hydrogens is 668 g/mol. The lowest BCUT2D eigenvalue weighted by Crippen LogP contribution is -2.42. The van der Waals surface area contributed by atoms with Crippen LogP contribution in [0.25, 0.3) is 16.6 Å². The number of halogens is 2. The Morgan fingerprint density at radius 1 is 1.00 bits per heavy atom. The number of benzene rings is 2. The minimum absolute atomic E-state index is 0.00426. The molecule has 4 aromatic rings. The van der Waals surface area contributed by atoms with Crippen molar-refractivity contribution in [1.29, 1.82) is 0 Å². The standard InChI is InChI=1S/C27H27FIN5O6S/c1-15-22-21(23(31(2)24(15)35)30-20-8-7-17(29)14-19(20)28)26(37)32(3)27(38)34(22)18-6-4-5-16(13-18)25(36)33-9-11-41(39,40)12-10-33/h4-8,13-14,30,39-40H,9-12H2,1-3H3. The van der Waals surface area contributed by atoms with Crippen molar-refractivity contribution >= 4 is 61.5 Å². The van der Waals surface area contributed by atoms with Crippen LogP contribution in [0.3, 0.4) is 0 Å². The average molecular weight is 696 g/mol. The van der Waals surface area contributed by atoms with E-state index in [0.29, 0.717) is 3.57 Å². The number of nitrogens with one attached hydrogen (secondary N) is 1. The molecule has 0 spiro atoms. The highest BCUT2D eigenvalue weighted by molar-refractivity contribution is 14.1. The van der Waals surface area contributed by atoms with Crippen molar-refractivity contribution in [1.82, 2.24) is 18.6 Å². The molecule has 0 unspecified atom stereocenters. The fourth-order valence-corrected chi connectivity index (χ4v) is 6.58. The predicted molar refractivity (Wildman–Crippen MR) is 166 cm³/mol. The molecule has 1 amide bonds. The predicted octanol–water partition coefficient (Wildman–Crippen LogP) is 3.39. The molecule has 3 N–H and O–H groups in total. The zero-order chi connectivity index (χ0) is 29.8. The number of hydrogen-bond donors (Lipinski definition) is 3. The average Bonchev–Trinajstić information content (AvgIpc) is 2.94. The second-order valence-corrected chi connectivity index (χ2v) is 13.5. The van der Waals surface area contributed by atoms with Crippen molar-refractivity contribution in [2.45, 2.75) is 6.92 Å². The maximum atomic E-state index is 14.8. The number of hydrogen-bond acceptors (Lipinski definition) is 7. The van der Waals surface area contributed by atoms with Gasteiger partial charge in [-0.05, 0) is 65.9 Å². The first-order valence-corrected chi connectivity index (χ1v) is 15.5. The Hall–Kier alpha value is -3.47. The number of nitrogens with zero attached hydrogens (tertiary/aromatic N) is 4. The van der Waals surface area contributed by atoms with E-state index < -0.39 is 33.2 Å². The smallest absolute Gasteiger partial charge is 0.335 e. The van der Waals surface area contributed by atoms with Gasteiger partial charge in [0.25, 0.3) is 17.0 Å². The van der Waals surface area contributed by atoms with Gasteiger partial charge in [0.05, 0.1) is 28.4 Å². The number of carbonyl (C=O) groups excluding carboxylic acids is 1. The van der Waals surface area contributed by atoms with Gasteiger partial charge in [0, 0.05) is 41.9 Å². The van der Waals surface area contributed by atoms with E-state index in [4.69, 9.17) is 0 Å². The summed E-state index contributed by atoms with van der Waals surface area (Å²) in [6, 6.07) is 10.7. The molecule has 1 saturated heterocycles. The van der Waals surface area contributed by atoms with Gasteiger partial charge in [-0.3, -0.25) is 37.2 Å².